The van der Waals surface area contributed by atoms with E-state index >= 15 is 0 Å². The van der Waals surface area contributed by atoms with Crippen molar-refractivity contribution in [3.8, 4) is 0 Å². The van der Waals surface area contributed by atoms with Crippen molar-refractivity contribution >= 4 is 0 Å². The van der Waals surface area contributed by atoms with Crippen molar-refractivity contribution in [2.75, 3.05) is 6.61 Å². The second-order valence-corrected chi connectivity index (χ2v) is 7.41. The molecule has 0 aromatic carbocycles. The van der Waals surface area contributed by atoms with Gasteiger partial charge in [0.25, 0.3) is 0 Å². The lowest BCUT2D eigenvalue weighted by molar-refractivity contribution is -0.156. The smallest absolute Gasteiger partial charge is 0.0773 e. The van der Waals surface area contributed by atoms with Gasteiger partial charge in [-0.2, -0.15) is 0 Å². The van der Waals surface area contributed by atoms with Gasteiger partial charge in [0.05, 0.1) is 18.8 Å². The minimum Gasteiger partial charge on any atom is -0.391 e. The van der Waals surface area contributed by atoms with Crippen LogP contribution in [0.1, 0.15) is 67.2 Å². The van der Waals surface area contributed by atoms with Crippen LogP contribution < -0.4 is 0 Å². The van der Waals surface area contributed by atoms with Crippen molar-refractivity contribution in [2.24, 2.45) is 16.7 Å². The van der Waals surface area contributed by atoms with E-state index in [4.69, 9.17) is 4.74 Å². The predicted octanol–water partition coefficient (Wildman–Crippen LogP) is 4.01. The van der Waals surface area contributed by atoms with Crippen LogP contribution in [0.2, 0.25) is 0 Å². The Morgan fingerprint density at radius 3 is 2.44 bits per heavy atom. The summed E-state index contributed by atoms with van der Waals surface area (Å²) in [6.07, 6.45) is 4.27. The van der Waals surface area contributed by atoms with Crippen LogP contribution in [-0.2, 0) is 4.74 Å². The summed E-state index contributed by atoms with van der Waals surface area (Å²) < 4.78 is 6.15. The Morgan fingerprint density at radius 2 is 1.89 bits per heavy atom. The predicted molar refractivity (Wildman–Crippen MR) is 76.6 cm³/mol. The van der Waals surface area contributed by atoms with Gasteiger partial charge >= 0.3 is 0 Å². The molecular formula is C16H32O2. The second kappa shape index (κ2) is 5.92. The Hall–Kier alpha value is -0.0800. The first kappa shape index (κ1) is 16.0. The van der Waals surface area contributed by atoms with Gasteiger partial charge < -0.3 is 9.84 Å². The molecule has 2 nitrogen and oxygen atoms in total. The molecule has 0 spiro atoms. The van der Waals surface area contributed by atoms with E-state index in [0.29, 0.717) is 12.5 Å². The third kappa shape index (κ3) is 3.48. The molecular weight excluding hydrogens is 224 g/mol. The van der Waals surface area contributed by atoms with Gasteiger partial charge in [-0.3, -0.25) is 0 Å². The number of aliphatic hydroxyl groups excluding tert-OH is 1. The van der Waals surface area contributed by atoms with Crippen LogP contribution in [0.3, 0.4) is 0 Å². The first-order chi connectivity index (χ1) is 8.21. The van der Waals surface area contributed by atoms with E-state index in [1.165, 1.54) is 12.8 Å². The molecule has 0 aromatic rings. The van der Waals surface area contributed by atoms with Gasteiger partial charge in [-0.1, -0.05) is 48.0 Å². The van der Waals surface area contributed by atoms with Crippen LogP contribution in [0, 0.1) is 16.7 Å². The summed E-state index contributed by atoms with van der Waals surface area (Å²) >= 11 is 0. The zero-order valence-electron chi connectivity index (χ0n) is 13.1. The van der Waals surface area contributed by atoms with E-state index in [-0.39, 0.29) is 23.0 Å². The lowest BCUT2D eigenvalue weighted by atomic mass is 9.58. The van der Waals surface area contributed by atoms with E-state index in [2.05, 4.69) is 41.5 Å². The standard InChI is InChI=1S/C16H32O2/c1-7-8-13(17)11-18-14-15(3,4)10-9-12(2)16(14,5)6/h12-14,17H,7-11H2,1-6H3. The molecule has 0 saturated heterocycles. The van der Waals surface area contributed by atoms with Crippen molar-refractivity contribution in [1.82, 2.24) is 0 Å². The Balaban J connectivity index is 2.68. The molecule has 1 aliphatic rings. The van der Waals surface area contributed by atoms with Gasteiger partial charge in [-0.25, -0.2) is 0 Å². The van der Waals surface area contributed by atoms with E-state index in [0.717, 1.165) is 12.8 Å². The second-order valence-electron chi connectivity index (χ2n) is 7.41. The van der Waals surface area contributed by atoms with Gasteiger partial charge in [-0.05, 0) is 36.0 Å². The number of ether oxygens (including phenoxy) is 1. The summed E-state index contributed by atoms with van der Waals surface area (Å²) in [5.41, 5.74) is 0.398. The molecule has 18 heavy (non-hydrogen) atoms. The maximum atomic E-state index is 9.86. The fraction of sp³-hybridized carbons (Fsp3) is 1.00. The highest BCUT2D eigenvalue weighted by molar-refractivity contribution is 4.97. The Labute approximate surface area is 113 Å². The molecule has 3 unspecified atom stereocenters. The quantitative estimate of drug-likeness (QED) is 0.805. The average Bonchev–Trinajstić information content (AvgIpc) is 2.24. The SMILES string of the molecule is CCCC(O)COC1C(C)(C)CCC(C)C1(C)C. The molecule has 0 aliphatic heterocycles. The molecule has 1 saturated carbocycles. The van der Waals surface area contributed by atoms with Gasteiger partial charge in [0.15, 0.2) is 0 Å². The van der Waals surface area contributed by atoms with Gasteiger partial charge in [0.2, 0.25) is 0 Å². The fourth-order valence-corrected chi connectivity index (χ4v) is 3.42. The lowest BCUT2D eigenvalue weighted by Gasteiger charge is -2.52. The van der Waals surface area contributed by atoms with Crippen molar-refractivity contribution < 1.29 is 9.84 Å². The third-order valence-corrected chi connectivity index (χ3v) is 4.95. The Morgan fingerprint density at radius 1 is 1.28 bits per heavy atom. The average molecular weight is 256 g/mol. The monoisotopic (exact) mass is 256 g/mol. The van der Waals surface area contributed by atoms with Crippen LogP contribution >= 0.6 is 0 Å². The molecule has 0 radical (unpaired) electrons. The summed E-state index contributed by atoms with van der Waals surface area (Å²) in [6.45, 7) is 14.1. The van der Waals surface area contributed by atoms with Crippen molar-refractivity contribution in [3.05, 3.63) is 0 Å². The van der Waals surface area contributed by atoms with E-state index in [1.807, 2.05) is 0 Å². The normalized spacial score (nSPS) is 32.2. The van der Waals surface area contributed by atoms with Crippen LogP contribution in [-0.4, -0.2) is 23.9 Å². The molecule has 0 bridgehead atoms. The van der Waals surface area contributed by atoms with Crippen molar-refractivity contribution in [2.45, 2.75) is 79.4 Å². The number of rotatable bonds is 5. The summed E-state index contributed by atoms with van der Waals surface area (Å²) in [4.78, 5) is 0. The van der Waals surface area contributed by atoms with Crippen LogP contribution in [0.4, 0.5) is 0 Å². The van der Waals surface area contributed by atoms with Gasteiger partial charge in [0, 0.05) is 0 Å². The maximum Gasteiger partial charge on any atom is 0.0773 e. The van der Waals surface area contributed by atoms with Crippen LogP contribution in [0.15, 0.2) is 0 Å². The highest BCUT2D eigenvalue weighted by atomic mass is 16.5. The highest BCUT2D eigenvalue weighted by Crippen LogP contribution is 2.50. The zero-order chi connectivity index (χ0) is 14.0. The number of aliphatic hydroxyl groups is 1. The summed E-state index contributed by atoms with van der Waals surface area (Å²) in [5.74, 6) is 0.679. The maximum absolute atomic E-state index is 9.86. The molecule has 108 valence electrons. The zero-order valence-corrected chi connectivity index (χ0v) is 13.1. The summed E-state index contributed by atoms with van der Waals surface area (Å²) in [7, 11) is 0. The summed E-state index contributed by atoms with van der Waals surface area (Å²) in [5, 5.41) is 9.86. The number of hydrogen-bond donors (Lipinski definition) is 1. The van der Waals surface area contributed by atoms with Gasteiger partial charge in [-0.15, -0.1) is 0 Å². The first-order valence-corrected chi connectivity index (χ1v) is 7.51. The molecule has 3 atom stereocenters. The molecule has 1 aliphatic carbocycles. The largest absolute Gasteiger partial charge is 0.391 e. The molecule has 0 amide bonds. The molecule has 1 fully saturated rings. The first-order valence-electron chi connectivity index (χ1n) is 7.51. The molecule has 0 aromatic heterocycles. The Bertz CT molecular complexity index is 258. The molecule has 1 N–H and O–H groups in total. The highest BCUT2D eigenvalue weighted by Gasteiger charge is 2.48. The van der Waals surface area contributed by atoms with Crippen LogP contribution in [0.25, 0.3) is 0 Å². The fourth-order valence-electron chi connectivity index (χ4n) is 3.42. The minimum absolute atomic E-state index is 0.188. The molecule has 1 rings (SSSR count). The Kier molecular flexibility index (Phi) is 5.25. The van der Waals surface area contributed by atoms with Crippen molar-refractivity contribution in [3.63, 3.8) is 0 Å². The van der Waals surface area contributed by atoms with Gasteiger partial charge in [0.1, 0.15) is 0 Å². The summed E-state index contributed by atoms with van der Waals surface area (Å²) in [6, 6.07) is 0. The van der Waals surface area contributed by atoms with E-state index in [9.17, 15) is 5.11 Å². The molecule has 0 heterocycles. The topological polar surface area (TPSA) is 29.5 Å². The minimum atomic E-state index is -0.307. The van der Waals surface area contributed by atoms with E-state index < -0.39 is 0 Å². The lowest BCUT2D eigenvalue weighted by Crippen LogP contribution is -2.51. The van der Waals surface area contributed by atoms with Crippen LogP contribution in [0.5, 0.6) is 0 Å². The third-order valence-electron chi connectivity index (χ3n) is 4.95. The van der Waals surface area contributed by atoms with Crippen molar-refractivity contribution in [1.29, 1.82) is 0 Å². The number of hydrogen-bond acceptors (Lipinski definition) is 2. The van der Waals surface area contributed by atoms with E-state index in [1.54, 1.807) is 0 Å². The molecule has 2 heteroatoms.